The van der Waals surface area contributed by atoms with Crippen LogP contribution in [0, 0.1) is 59.0 Å². The maximum Gasteiger partial charge on any atom is 0.257 e. The van der Waals surface area contributed by atoms with Gasteiger partial charge in [-0.05, 0) is 174 Å². The Bertz CT molecular complexity index is 2930. The fourth-order valence-electron chi connectivity index (χ4n) is 12.3. The van der Waals surface area contributed by atoms with Gasteiger partial charge in [-0.2, -0.15) is 40.5 Å². The molecule has 0 bridgehead atoms. The van der Waals surface area contributed by atoms with E-state index in [0.29, 0.717) is 111 Å². The smallest absolute Gasteiger partial charge is 0.257 e. The minimum absolute atomic E-state index is 0. The first-order chi connectivity index (χ1) is 42.0. The summed E-state index contributed by atoms with van der Waals surface area (Å²) in [6.07, 6.45) is 6.37. The molecule has 492 valence electrons. The van der Waals surface area contributed by atoms with Crippen LogP contribution in [-0.2, 0) is 34.0 Å². The van der Waals surface area contributed by atoms with Crippen molar-refractivity contribution in [3.63, 3.8) is 0 Å². The molecule has 1 unspecified atom stereocenters. The van der Waals surface area contributed by atoms with Gasteiger partial charge in [0.2, 0.25) is 0 Å². The molecule has 90 heavy (non-hydrogen) atoms. The molecule has 3 saturated heterocycles. The number of hydrogen-bond donors (Lipinski definition) is 0. The van der Waals surface area contributed by atoms with E-state index in [1.54, 1.807) is 0 Å². The Morgan fingerprint density at radius 2 is 0.633 bits per heavy atom. The lowest BCUT2D eigenvalue weighted by atomic mass is 10.0. The largest absolute Gasteiger partial charge is 0.484 e. The van der Waals surface area contributed by atoms with Gasteiger partial charge in [-0.3, -0.25) is 29.7 Å². The summed E-state index contributed by atoms with van der Waals surface area (Å²) in [7, 11) is 0. The summed E-state index contributed by atoms with van der Waals surface area (Å²) in [6, 6.07) is 16.0. The number of hydrogen-bond acceptors (Lipinski definition) is 18. The third-order valence-electron chi connectivity index (χ3n) is 16.5. The highest BCUT2D eigenvalue weighted by molar-refractivity contribution is 7.59. The first-order valence-electron chi connectivity index (χ1n) is 30.8. The van der Waals surface area contributed by atoms with E-state index in [1.165, 1.54) is 18.2 Å². The molecule has 24 heteroatoms. The summed E-state index contributed by atoms with van der Waals surface area (Å²) in [5.74, 6) is 1.23. The summed E-state index contributed by atoms with van der Waals surface area (Å²) >= 11 is 0. The van der Waals surface area contributed by atoms with Crippen molar-refractivity contribution in [1.82, 2.24) is 44.6 Å². The Kier molecular flexibility index (Phi) is 26.9. The molecule has 0 amide bonds. The number of piperidine rings is 3. The van der Waals surface area contributed by atoms with Gasteiger partial charge in [-0.1, -0.05) is 0 Å². The lowest BCUT2D eigenvalue weighted by Gasteiger charge is -2.36. The van der Waals surface area contributed by atoms with Gasteiger partial charge in [0.15, 0.2) is 17.2 Å². The van der Waals surface area contributed by atoms with Gasteiger partial charge < -0.3 is 42.6 Å². The van der Waals surface area contributed by atoms with Gasteiger partial charge in [0.1, 0.15) is 57.1 Å². The van der Waals surface area contributed by atoms with Gasteiger partial charge in [0.25, 0.3) is 17.6 Å². The Hall–Kier alpha value is -5.70. The molecule has 0 aliphatic carbocycles. The Labute approximate surface area is 549 Å². The fraction of sp³-hybridized carbons (Fsp3) is 0.545. The lowest BCUT2D eigenvalue weighted by molar-refractivity contribution is -0.0208. The van der Waals surface area contributed by atoms with Crippen molar-refractivity contribution < 1.29 is 55.8 Å². The predicted octanol–water partition coefficient (Wildman–Crippen LogP) is 11.6. The van der Waals surface area contributed by atoms with Gasteiger partial charge in [0.05, 0.1) is 73.3 Å². The van der Waals surface area contributed by atoms with Crippen molar-refractivity contribution >= 4 is 40.5 Å². The molecule has 6 aromatic rings. The minimum Gasteiger partial charge on any atom is -0.484 e. The van der Waals surface area contributed by atoms with Crippen LogP contribution in [0.25, 0.3) is 0 Å². The highest BCUT2D eigenvalue weighted by Crippen LogP contribution is 2.38. The quantitative estimate of drug-likeness (QED) is 0.0950. The molecule has 3 fully saturated rings. The van der Waals surface area contributed by atoms with Crippen LogP contribution >= 0.6 is 40.5 Å². The molecule has 6 aromatic heterocycles. The van der Waals surface area contributed by atoms with Crippen LogP contribution in [0.4, 0.5) is 13.2 Å². The first kappa shape index (κ1) is 71.7. The molecule has 0 N–H and O–H groups in total. The summed E-state index contributed by atoms with van der Waals surface area (Å²) in [6.45, 7) is 27.1. The molecular weight excluding hydrogens is 1220 g/mol. The number of fused-ring (bicyclic) bond motifs is 3. The molecule has 6 aliphatic rings. The van der Waals surface area contributed by atoms with Crippen LogP contribution in [0.1, 0.15) is 145 Å². The molecule has 6 aliphatic heterocycles. The molecule has 0 saturated carbocycles. The summed E-state index contributed by atoms with van der Waals surface area (Å²) in [4.78, 5) is 33.2. The number of likely N-dealkylation sites (tertiary alicyclic amines) is 3. The summed E-state index contributed by atoms with van der Waals surface area (Å²) in [5.41, 5.74) is 10.6. The van der Waals surface area contributed by atoms with Crippen molar-refractivity contribution in [3.8, 4) is 34.9 Å². The number of aromatic nitrogens is 6. The number of halogens is 3. The van der Waals surface area contributed by atoms with Gasteiger partial charge in [-0.15, -0.1) is 0 Å². The summed E-state index contributed by atoms with van der Waals surface area (Å²) in [5, 5.41) is 0. The van der Waals surface area contributed by atoms with E-state index >= 15 is 0 Å². The second kappa shape index (κ2) is 33.7. The fourth-order valence-corrected chi connectivity index (χ4v) is 12.3. The number of rotatable bonds is 15. The molecular formula is C66H90F3N9O9S3. The third-order valence-corrected chi connectivity index (χ3v) is 16.5. The molecule has 18 nitrogen and oxygen atoms in total. The maximum absolute atomic E-state index is 14.7. The number of pyridine rings is 6. The highest BCUT2D eigenvalue weighted by Gasteiger charge is 2.33. The zero-order valence-electron chi connectivity index (χ0n) is 53.3. The molecule has 6 atom stereocenters. The van der Waals surface area contributed by atoms with Gasteiger partial charge >= 0.3 is 0 Å². The van der Waals surface area contributed by atoms with Crippen molar-refractivity contribution in [2.45, 2.75) is 157 Å². The van der Waals surface area contributed by atoms with E-state index in [2.05, 4.69) is 81.0 Å². The van der Waals surface area contributed by atoms with E-state index in [4.69, 9.17) is 42.6 Å². The van der Waals surface area contributed by atoms with Crippen molar-refractivity contribution in [1.29, 1.82) is 0 Å². The number of aryl methyl sites for hydroxylation is 6. The molecule has 0 radical (unpaired) electrons. The van der Waals surface area contributed by atoms with Crippen molar-refractivity contribution in [3.05, 3.63) is 140 Å². The van der Waals surface area contributed by atoms with E-state index in [0.717, 1.165) is 129 Å². The Balaban J connectivity index is 0.000000189. The molecule has 0 spiro atoms. The standard InChI is InChI=1S/3C22H28FN3O3.3H2S/c3*1-14-9-17(10-15(2)24-14)13-29-18-5-4-6-26(12-18)16(3)21-19(23)11-20-22(25-21)28-8-7-27-20;;;/h3*9-11,16,18H,4-8,12-13H2,1-3H3;3*1H2/t16?,18-;16-,18+;16-,18-;;;/m010.../s1. The Morgan fingerprint density at radius 3 is 0.889 bits per heavy atom. The monoisotopic (exact) mass is 1310 g/mol. The van der Waals surface area contributed by atoms with E-state index in [9.17, 15) is 13.2 Å². The zero-order chi connectivity index (χ0) is 61.1. The van der Waals surface area contributed by atoms with Crippen LogP contribution in [0.3, 0.4) is 0 Å². The second-order valence-electron chi connectivity index (χ2n) is 23.6. The number of nitrogens with zero attached hydrogens (tertiary/aromatic N) is 9. The van der Waals surface area contributed by atoms with E-state index < -0.39 is 0 Å². The zero-order valence-corrected chi connectivity index (χ0v) is 56.3. The van der Waals surface area contributed by atoms with Crippen molar-refractivity contribution in [2.75, 3.05) is 78.9 Å². The highest BCUT2D eigenvalue weighted by atomic mass is 32.1. The molecule has 12 rings (SSSR count). The second-order valence-corrected chi connectivity index (χ2v) is 23.6. The molecule has 0 aromatic carbocycles. The topological polar surface area (TPSA) is 170 Å². The SMILES string of the molecule is Cc1cc(CO[C@H]2CCCN(C(C)c3nc4c(cc3F)OCCO4)C2)cc(C)n1.Cc1cc(CO[C@H]2CCCN([C@@H](C)c3nc4c(cc3F)OCCO4)C2)cc(C)n1.Cc1cc(CO[C@H]2CCCN([C@H](C)c3nc4c(cc3F)OCCO4)C2)cc(C)n1.S.S.S. The molecule has 12 heterocycles. The van der Waals surface area contributed by atoms with Crippen molar-refractivity contribution in [2.24, 2.45) is 0 Å². The van der Waals surface area contributed by atoms with Crippen LogP contribution in [-0.4, -0.2) is 142 Å². The average molecular weight is 1310 g/mol. The normalized spacial score (nSPS) is 19.8. The van der Waals surface area contributed by atoms with Crippen LogP contribution in [0.15, 0.2) is 54.6 Å². The predicted molar refractivity (Wildman–Crippen MR) is 351 cm³/mol. The van der Waals surface area contributed by atoms with Crippen LogP contribution in [0.5, 0.6) is 34.9 Å². The van der Waals surface area contributed by atoms with Crippen LogP contribution in [0.2, 0.25) is 0 Å². The first-order valence-corrected chi connectivity index (χ1v) is 30.8. The maximum atomic E-state index is 14.7. The van der Waals surface area contributed by atoms with E-state index in [-0.39, 0.29) is 94.4 Å². The summed E-state index contributed by atoms with van der Waals surface area (Å²) < 4.78 is 95.4. The number of ether oxygens (including phenoxy) is 9. The van der Waals surface area contributed by atoms with E-state index in [1.807, 2.05) is 62.3 Å². The van der Waals surface area contributed by atoms with Gasteiger partial charge in [-0.25, -0.2) is 28.1 Å². The lowest BCUT2D eigenvalue weighted by Crippen LogP contribution is -2.41. The van der Waals surface area contributed by atoms with Crippen LogP contribution < -0.4 is 28.4 Å². The van der Waals surface area contributed by atoms with Gasteiger partial charge in [0, 0.05) is 72.0 Å². The third kappa shape index (κ3) is 19.2. The average Bonchev–Trinajstić information content (AvgIpc) is 1.35. The minimum atomic E-state index is -0.354. The Morgan fingerprint density at radius 1 is 0.389 bits per heavy atom.